The molecule has 0 fully saturated rings. The molecule has 0 saturated carbocycles. The molecule has 3 rings (SSSR count). The van der Waals surface area contributed by atoms with E-state index in [1.54, 1.807) is 11.3 Å². The minimum absolute atomic E-state index is 0.772. The van der Waals surface area contributed by atoms with Gasteiger partial charge in [0, 0.05) is 34.1 Å². The molecule has 4 heteroatoms. The molecule has 0 unspecified atom stereocenters. The molecule has 106 valence electrons. The van der Waals surface area contributed by atoms with E-state index >= 15 is 0 Å². The van der Waals surface area contributed by atoms with Crippen molar-refractivity contribution >= 4 is 17.0 Å². The monoisotopic (exact) mass is 295 g/mol. The Labute approximate surface area is 128 Å². The molecule has 0 bridgehead atoms. The van der Waals surface area contributed by atoms with Crippen LogP contribution in [0.2, 0.25) is 0 Å². The molecular formula is C17H17N3S. The van der Waals surface area contributed by atoms with Gasteiger partial charge in [-0.3, -0.25) is 4.98 Å². The molecule has 2 N–H and O–H groups in total. The van der Waals surface area contributed by atoms with E-state index in [2.05, 4.69) is 29.0 Å². The fourth-order valence-corrected chi connectivity index (χ4v) is 3.03. The molecule has 2 aromatic heterocycles. The molecule has 3 nitrogen and oxygen atoms in total. The topological polar surface area (TPSA) is 51.8 Å². The fourth-order valence-electron chi connectivity index (χ4n) is 2.48. The van der Waals surface area contributed by atoms with Crippen molar-refractivity contribution in [3.05, 3.63) is 53.1 Å². The summed E-state index contributed by atoms with van der Waals surface area (Å²) < 4.78 is 0. The van der Waals surface area contributed by atoms with Gasteiger partial charge in [-0.15, -0.1) is 11.3 Å². The standard InChI is InChI=1S/C17H17N3S/c1-2-4-13-9-12(7-8-19-13)17-14(5-3-6-15(17)18)16-10-21-11-20-16/h3,5-11H,2,4,18H2,1H3. The van der Waals surface area contributed by atoms with Gasteiger partial charge in [-0.05, 0) is 30.2 Å². The minimum Gasteiger partial charge on any atom is -0.398 e. The molecule has 3 aromatic rings. The summed E-state index contributed by atoms with van der Waals surface area (Å²) in [6.07, 6.45) is 3.92. The van der Waals surface area contributed by atoms with E-state index in [0.29, 0.717) is 0 Å². The Morgan fingerprint density at radius 1 is 1.19 bits per heavy atom. The van der Waals surface area contributed by atoms with Gasteiger partial charge in [-0.2, -0.15) is 0 Å². The number of aryl methyl sites for hydroxylation is 1. The van der Waals surface area contributed by atoms with Crippen LogP contribution < -0.4 is 5.73 Å². The van der Waals surface area contributed by atoms with E-state index in [-0.39, 0.29) is 0 Å². The number of rotatable bonds is 4. The zero-order valence-electron chi connectivity index (χ0n) is 11.9. The molecule has 0 aliphatic rings. The number of anilines is 1. The maximum atomic E-state index is 6.24. The van der Waals surface area contributed by atoms with Gasteiger partial charge >= 0.3 is 0 Å². The van der Waals surface area contributed by atoms with Gasteiger partial charge in [-0.25, -0.2) is 4.98 Å². The normalized spacial score (nSPS) is 10.7. The summed E-state index contributed by atoms with van der Waals surface area (Å²) in [7, 11) is 0. The van der Waals surface area contributed by atoms with Crippen molar-refractivity contribution < 1.29 is 0 Å². The van der Waals surface area contributed by atoms with Crippen LogP contribution in [0.3, 0.4) is 0 Å². The molecule has 1 aromatic carbocycles. The largest absolute Gasteiger partial charge is 0.398 e. The van der Waals surface area contributed by atoms with Gasteiger partial charge in [0.1, 0.15) is 0 Å². The van der Waals surface area contributed by atoms with Crippen molar-refractivity contribution in [2.45, 2.75) is 19.8 Å². The van der Waals surface area contributed by atoms with Gasteiger partial charge in [0.25, 0.3) is 0 Å². The fraction of sp³-hybridized carbons (Fsp3) is 0.176. The van der Waals surface area contributed by atoms with Crippen LogP contribution in [0.15, 0.2) is 47.4 Å². The number of hydrogen-bond acceptors (Lipinski definition) is 4. The third kappa shape index (κ3) is 2.81. The highest BCUT2D eigenvalue weighted by Gasteiger charge is 2.12. The van der Waals surface area contributed by atoms with Crippen molar-refractivity contribution in [3.8, 4) is 22.4 Å². The van der Waals surface area contributed by atoms with Crippen molar-refractivity contribution in [2.75, 3.05) is 5.73 Å². The SMILES string of the molecule is CCCc1cc(-c2c(N)cccc2-c2cscn2)ccn1. The Morgan fingerprint density at radius 3 is 2.86 bits per heavy atom. The van der Waals surface area contributed by atoms with Crippen LogP contribution >= 0.6 is 11.3 Å². The third-order valence-electron chi connectivity index (χ3n) is 3.42. The van der Waals surface area contributed by atoms with E-state index in [1.165, 1.54) is 0 Å². The predicted molar refractivity (Wildman–Crippen MR) is 89.2 cm³/mol. The molecular weight excluding hydrogens is 278 g/mol. The van der Waals surface area contributed by atoms with E-state index in [0.717, 1.165) is 46.6 Å². The number of nitrogens with two attached hydrogens (primary N) is 1. The van der Waals surface area contributed by atoms with Gasteiger partial charge in [0.05, 0.1) is 11.2 Å². The van der Waals surface area contributed by atoms with Crippen LogP contribution in [0.5, 0.6) is 0 Å². The number of nitrogen functional groups attached to an aromatic ring is 1. The summed E-state index contributed by atoms with van der Waals surface area (Å²) in [6.45, 7) is 2.16. The number of hydrogen-bond donors (Lipinski definition) is 1. The Hall–Kier alpha value is -2.20. The zero-order valence-corrected chi connectivity index (χ0v) is 12.7. The highest BCUT2D eigenvalue weighted by Crippen LogP contribution is 2.36. The molecule has 0 aliphatic carbocycles. The van der Waals surface area contributed by atoms with Gasteiger partial charge in [0.15, 0.2) is 0 Å². The first kappa shape index (κ1) is 13.8. The summed E-state index contributed by atoms with van der Waals surface area (Å²) in [5.74, 6) is 0. The van der Waals surface area contributed by atoms with E-state index in [9.17, 15) is 0 Å². The first-order chi connectivity index (χ1) is 10.3. The van der Waals surface area contributed by atoms with E-state index in [1.807, 2.05) is 35.3 Å². The molecule has 21 heavy (non-hydrogen) atoms. The predicted octanol–water partition coefficient (Wildman–Crippen LogP) is 4.41. The van der Waals surface area contributed by atoms with Crippen LogP contribution in [0.4, 0.5) is 5.69 Å². The number of aromatic nitrogens is 2. The highest BCUT2D eigenvalue weighted by molar-refractivity contribution is 7.07. The second-order valence-electron chi connectivity index (χ2n) is 4.93. The molecule has 0 atom stereocenters. The van der Waals surface area contributed by atoms with Crippen LogP contribution in [-0.2, 0) is 6.42 Å². The second-order valence-corrected chi connectivity index (χ2v) is 5.65. The average molecular weight is 295 g/mol. The summed E-state index contributed by atoms with van der Waals surface area (Å²) in [4.78, 5) is 8.84. The van der Waals surface area contributed by atoms with E-state index in [4.69, 9.17) is 5.73 Å². The quantitative estimate of drug-likeness (QED) is 0.725. The lowest BCUT2D eigenvalue weighted by Gasteiger charge is -2.12. The summed E-state index contributed by atoms with van der Waals surface area (Å²) in [5.41, 5.74) is 14.1. The lowest BCUT2D eigenvalue weighted by atomic mass is 9.96. The Balaban J connectivity index is 2.16. The zero-order chi connectivity index (χ0) is 14.7. The maximum absolute atomic E-state index is 6.24. The summed E-state index contributed by atoms with van der Waals surface area (Å²) in [5, 5.41) is 2.05. The summed E-state index contributed by atoms with van der Waals surface area (Å²) >= 11 is 1.59. The van der Waals surface area contributed by atoms with Crippen LogP contribution in [0, 0.1) is 0 Å². The van der Waals surface area contributed by atoms with E-state index < -0.39 is 0 Å². The number of benzene rings is 1. The van der Waals surface area contributed by atoms with Crippen LogP contribution in [0.1, 0.15) is 19.0 Å². The third-order valence-corrected chi connectivity index (χ3v) is 4.00. The van der Waals surface area contributed by atoms with Gasteiger partial charge in [-0.1, -0.05) is 25.5 Å². The molecule has 0 spiro atoms. The van der Waals surface area contributed by atoms with Crippen molar-refractivity contribution in [1.82, 2.24) is 9.97 Å². The number of thiazole rings is 1. The molecule has 0 radical (unpaired) electrons. The van der Waals surface area contributed by atoms with Crippen LogP contribution in [-0.4, -0.2) is 9.97 Å². The van der Waals surface area contributed by atoms with Gasteiger partial charge in [0.2, 0.25) is 0 Å². The molecule has 0 amide bonds. The number of nitrogens with zero attached hydrogens (tertiary/aromatic N) is 2. The Kier molecular flexibility index (Phi) is 3.97. The van der Waals surface area contributed by atoms with Crippen molar-refractivity contribution in [2.24, 2.45) is 0 Å². The molecule has 2 heterocycles. The summed E-state index contributed by atoms with van der Waals surface area (Å²) in [6, 6.07) is 10.1. The number of pyridine rings is 1. The second kappa shape index (κ2) is 6.06. The Morgan fingerprint density at radius 2 is 2.10 bits per heavy atom. The Bertz CT molecular complexity index is 736. The van der Waals surface area contributed by atoms with Crippen molar-refractivity contribution in [3.63, 3.8) is 0 Å². The first-order valence-electron chi connectivity index (χ1n) is 7.02. The van der Waals surface area contributed by atoms with Crippen molar-refractivity contribution in [1.29, 1.82) is 0 Å². The van der Waals surface area contributed by atoms with Crippen LogP contribution in [0.25, 0.3) is 22.4 Å². The molecule has 0 saturated heterocycles. The highest BCUT2D eigenvalue weighted by atomic mass is 32.1. The first-order valence-corrected chi connectivity index (χ1v) is 7.96. The lowest BCUT2D eigenvalue weighted by molar-refractivity contribution is 0.883. The maximum Gasteiger partial charge on any atom is 0.0818 e. The van der Waals surface area contributed by atoms with Gasteiger partial charge < -0.3 is 5.73 Å². The lowest BCUT2D eigenvalue weighted by Crippen LogP contribution is -1.95. The molecule has 0 aliphatic heterocycles. The minimum atomic E-state index is 0.772. The smallest absolute Gasteiger partial charge is 0.0818 e. The average Bonchev–Trinajstić information content (AvgIpc) is 3.02.